The molecule has 29 heavy (non-hydrogen) atoms. The monoisotopic (exact) mass is 407 g/mol. The normalized spacial score (nSPS) is 10.8. The van der Waals surface area contributed by atoms with Gasteiger partial charge in [0.05, 0.1) is 11.2 Å². The lowest BCUT2D eigenvalue weighted by molar-refractivity contribution is 0.0949. The minimum atomic E-state index is -0.589. The number of nitrogens with zero attached hydrogens (tertiary/aromatic N) is 1. The topological polar surface area (TPSA) is 74.8 Å². The van der Waals surface area contributed by atoms with Crippen molar-refractivity contribution in [2.45, 2.75) is 6.54 Å². The SMILES string of the molecule is O=C(NCc1ccc(Cl)cc1)c1c[nH]c2c(F)cc(-c3ccccn3)cc2c1=O. The predicted octanol–water partition coefficient (Wildman–Crippen LogP) is 4.31. The van der Waals surface area contributed by atoms with Crippen molar-refractivity contribution in [3.63, 3.8) is 0 Å². The van der Waals surface area contributed by atoms with E-state index >= 15 is 0 Å². The molecule has 1 amide bonds. The lowest BCUT2D eigenvalue weighted by Crippen LogP contribution is -2.28. The van der Waals surface area contributed by atoms with Gasteiger partial charge in [0, 0.05) is 34.9 Å². The Kier molecular flexibility index (Phi) is 5.10. The third kappa shape index (κ3) is 3.88. The number of halogens is 2. The first-order valence-corrected chi connectivity index (χ1v) is 9.20. The Morgan fingerprint density at radius 1 is 1.14 bits per heavy atom. The van der Waals surface area contributed by atoms with Gasteiger partial charge in [0.25, 0.3) is 5.91 Å². The summed E-state index contributed by atoms with van der Waals surface area (Å²) in [6, 6.07) is 15.1. The van der Waals surface area contributed by atoms with Crippen LogP contribution < -0.4 is 10.7 Å². The van der Waals surface area contributed by atoms with Crippen molar-refractivity contribution < 1.29 is 9.18 Å². The first-order chi connectivity index (χ1) is 14.0. The minimum absolute atomic E-state index is 0.0453. The van der Waals surface area contributed by atoms with Gasteiger partial charge in [0.15, 0.2) is 0 Å². The first kappa shape index (κ1) is 18.8. The van der Waals surface area contributed by atoms with E-state index in [0.29, 0.717) is 16.3 Å². The van der Waals surface area contributed by atoms with Gasteiger partial charge in [-0.05, 0) is 42.0 Å². The number of pyridine rings is 2. The van der Waals surface area contributed by atoms with E-state index < -0.39 is 17.2 Å². The number of benzene rings is 2. The number of hydrogen-bond donors (Lipinski definition) is 2. The van der Waals surface area contributed by atoms with Gasteiger partial charge in [-0.25, -0.2) is 4.39 Å². The lowest BCUT2D eigenvalue weighted by Gasteiger charge is -2.08. The van der Waals surface area contributed by atoms with Crippen LogP contribution in [-0.2, 0) is 6.54 Å². The van der Waals surface area contributed by atoms with E-state index in [1.807, 2.05) is 0 Å². The van der Waals surface area contributed by atoms with Crippen LogP contribution in [0.3, 0.4) is 0 Å². The second kappa shape index (κ2) is 7.85. The summed E-state index contributed by atoms with van der Waals surface area (Å²) in [4.78, 5) is 32.3. The molecular formula is C22H15ClFN3O2. The van der Waals surface area contributed by atoms with Crippen LogP contribution in [0.4, 0.5) is 4.39 Å². The Balaban J connectivity index is 1.68. The summed E-state index contributed by atoms with van der Waals surface area (Å²) in [6.45, 7) is 0.232. The van der Waals surface area contributed by atoms with Crippen LogP contribution in [0, 0.1) is 5.82 Å². The Bertz CT molecular complexity index is 1260. The second-order valence-electron chi connectivity index (χ2n) is 6.44. The molecule has 0 unspecified atom stereocenters. The summed E-state index contributed by atoms with van der Waals surface area (Å²) in [6.07, 6.45) is 2.81. The van der Waals surface area contributed by atoms with Gasteiger partial charge in [-0.3, -0.25) is 14.6 Å². The molecule has 0 saturated heterocycles. The zero-order valence-corrected chi connectivity index (χ0v) is 15.8. The van der Waals surface area contributed by atoms with E-state index in [1.54, 1.807) is 48.7 Å². The lowest BCUT2D eigenvalue weighted by atomic mass is 10.0. The molecule has 0 aliphatic carbocycles. The molecular weight excluding hydrogens is 393 g/mol. The minimum Gasteiger partial charge on any atom is -0.358 e. The number of rotatable bonds is 4. The summed E-state index contributed by atoms with van der Waals surface area (Å²) in [5.41, 5.74) is 1.23. The highest BCUT2D eigenvalue weighted by molar-refractivity contribution is 6.30. The molecule has 0 radical (unpaired) electrons. The number of fused-ring (bicyclic) bond motifs is 1. The average Bonchev–Trinajstić information content (AvgIpc) is 2.74. The van der Waals surface area contributed by atoms with Crippen LogP contribution in [0.1, 0.15) is 15.9 Å². The molecule has 0 fully saturated rings. The predicted molar refractivity (Wildman–Crippen MR) is 110 cm³/mol. The smallest absolute Gasteiger partial charge is 0.257 e. The Morgan fingerprint density at radius 2 is 1.93 bits per heavy atom. The number of aromatic amines is 1. The highest BCUT2D eigenvalue weighted by atomic mass is 35.5. The van der Waals surface area contributed by atoms with Crippen molar-refractivity contribution in [3.8, 4) is 11.3 Å². The van der Waals surface area contributed by atoms with Crippen LogP contribution in [0.2, 0.25) is 5.02 Å². The maximum absolute atomic E-state index is 14.5. The average molecular weight is 408 g/mol. The van der Waals surface area contributed by atoms with Crippen LogP contribution in [0.15, 0.2) is 71.8 Å². The zero-order valence-electron chi connectivity index (χ0n) is 15.1. The van der Waals surface area contributed by atoms with E-state index in [1.165, 1.54) is 18.3 Å². The van der Waals surface area contributed by atoms with Gasteiger partial charge in [-0.15, -0.1) is 0 Å². The largest absolute Gasteiger partial charge is 0.358 e. The highest BCUT2D eigenvalue weighted by Crippen LogP contribution is 2.23. The van der Waals surface area contributed by atoms with E-state index in [2.05, 4.69) is 15.3 Å². The summed E-state index contributed by atoms with van der Waals surface area (Å²) in [5, 5.41) is 3.38. The Hall–Kier alpha value is -3.51. The number of nitrogens with one attached hydrogen (secondary N) is 2. The number of hydrogen-bond acceptors (Lipinski definition) is 3. The molecule has 7 heteroatoms. The molecule has 0 aliphatic rings. The molecule has 0 atom stereocenters. The maximum Gasteiger partial charge on any atom is 0.257 e. The van der Waals surface area contributed by atoms with Gasteiger partial charge in [0.2, 0.25) is 5.43 Å². The van der Waals surface area contributed by atoms with Gasteiger partial charge in [0.1, 0.15) is 11.4 Å². The van der Waals surface area contributed by atoms with E-state index in [4.69, 9.17) is 11.6 Å². The number of H-pyrrole nitrogens is 1. The summed E-state index contributed by atoms with van der Waals surface area (Å²) in [7, 11) is 0. The number of carbonyl (C=O) groups is 1. The quantitative estimate of drug-likeness (QED) is 0.529. The Morgan fingerprint density at radius 3 is 2.66 bits per heavy atom. The second-order valence-corrected chi connectivity index (χ2v) is 6.87. The Labute approximate surface area is 170 Å². The van der Waals surface area contributed by atoms with Crippen molar-refractivity contribution >= 4 is 28.4 Å². The fourth-order valence-corrected chi connectivity index (χ4v) is 3.14. The van der Waals surface area contributed by atoms with Gasteiger partial charge in [-0.2, -0.15) is 0 Å². The molecule has 2 aromatic carbocycles. The van der Waals surface area contributed by atoms with Crippen molar-refractivity contribution in [2.75, 3.05) is 0 Å². The molecule has 2 aromatic heterocycles. The first-order valence-electron chi connectivity index (χ1n) is 8.82. The molecule has 2 N–H and O–H groups in total. The fraction of sp³-hybridized carbons (Fsp3) is 0.0455. The van der Waals surface area contributed by atoms with Crippen molar-refractivity contribution in [1.29, 1.82) is 0 Å². The van der Waals surface area contributed by atoms with Gasteiger partial charge >= 0.3 is 0 Å². The highest BCUT2D eigenvalue weighted by Gasteiger charge is 2.16. The van der Waals surface area contributed by atoms with Crippen LogP contribution in [0.5, 0.6) is 0 Å². The van der Waals surface area contributed by atoms with Gasteiger partial charge in [-0.1, -0.05) is 29.8 Å². The molecule has 144 valence electrons. The van der Waals surface area contributed by atoms with Crippen LogP contribution >= 0.6 is 11.6 Å². The van der Waals surface area contributed by atoms with E-state index in [9.17, 15) is 14.0 Å². The van der Waals surface area contributed by atoms with Crippen molar-refractivity contribution in [1.82, 2.24) is 15.3 Å². The standard InChI is InChI=1S/C22H15ClFN3O2/c23-15-6-4-13(5-7-15)11-27-22(29)17-12-26-20-16(21(17)28)9-14(10-18(20)24)19-3-1-2-8-25-19/h1-10,12H,11H2,(H,26,28)(H,27,29). The molecule has 0 saturated carbocycles. The molecule has 4 rings (SSSR count). The van der Waals surface area contributed by atoms with E-state index in [-0.39, 0.29) is 23.0 Å². The van der Waals surface area contributed by atoms with Crippen molar-refractivity contribution in [3.05, 3.63) is 99.2 Å². The molecule has 0 bridgehead atoms. The van der Waals surface area contributed by atoms with E-state index in [0.717, 1.165) is 5.56 Å². The molecule has 4 aromatic rings. The molecule has 0 aliphatic heterocycles. The number of carbonyl (C=O) groups excluding carboxylic acids is 1. The van der Waals surface area contributed by atoms with Crippen LogP contribution in [0.25, 0.3) is 22.2 Å². The molecule has 2 heterocycles. The number of amides is 1. The molecule has 0 spiro atoms. The van der Waals surface area contributed by atoms with Crippen LogP contribution in [-0.4, -0.2) is 15.9 Å². The fourth-order valence-electron chi connectivity index (χ4n) is 3.02. The summed E-state index contributed by atoms with van der Waals surface area (Å²) < 4.78 is 14.5. The molecule has 5 nitrogen and oxygen atoms in total. The zero-order chi connectivity index (χ0) is 20.4. The number of aromatic nitrogens is 2. The third-order valence-corrected chi connectivity index (χ3v) is 4.76. The van der Waals surface area contributed by atoms with Crippen molar-refractivity contribution in [2.24, 2.45) is 0 Å². The third-order valence-electron chi connectivity index (χ3n) is 4.51. The van der Waals surface area contributed by atoms with Gasteiger partial charge < -0.3 is 10.3 Å². The maximum atomic E-state index is 14.5. The summed E-state index contributed by atoms with van der Waals surface area (Å²) in [5.74, 6) is -1.14. The summed E-state index contributed by atoms with van der Waals surface area (Å²) >= 11 is 5.85.